The van der Waals surface area contributed by atoms with Gasteiger partial charge in [0.2, 0.25) is 0 Å². The Kier molecular flexibility index (Phi) is 4.25. The molecule has 2 aromatic carbocycles. The first-order valence-electron chi connectivity index (χ1n) is 5.47. The van der Waals surface area contributed by atoms with Gasteiger partial charge in [-0.05, 0) is 24.3 Å². The van der Waals surface area contributed by atoms with Crippen molar-refractivity contribution in [3.63, 3.8) is 0 Å². The van der Waals surface area contributed by atoms with Gasteiger partial charge in [0.15, 0.2) is 0 Å². The second-order valence-corrected chi connectivity index (χ2v) is 4.71. The summed E-state index contributed by atoms with van der Waals surface area (Å²) < 4.78 is 5.21. The molecule has 3 nitrogen and oxygen atoms in total. The Labute approximate surface area is 111 Å². The second kappa shape index (κ2) is 6.12. The number of benzene rings is 2. The number of hydrogen-bond acceptors (Lipinski definition) is 4. The Morgan fingerprint density at radius 3 is 2.78 bits per heavy atom. The van der Waals surface area contributed by atoms with Crippen molar-refractivity contribution in [1.29, 1.82) is 0 Å². The van der Waals surface area contributed by atoms with E-state index in [2.05, 4.69) is 5.10 Å². The van der Waals surface area contributed by atoms with Crippen LogP contribution in [0, 0.1) is 0 Å². The third kappa shape index (κ3) is 3.05. The molecule has 0 aromatic heterocycles. The van der Waals surface area contributed by atoms with Gasteiger partial charge in [0.05, 0.1) is 13.3 Å². The molecule has 0 spiro atoms. The number of hydrazone groups is 1. The van der Waals surface area contributed by atoms with Crippen molar-refractivity contribution < 1.29 is 4.74 Å². The molecule has 0 atom stereocenters. The molecule has 2 rings (SSSR count). The zero-order valence-corrected chi connectivity index (χ0v) is 10.9. The molecular formula is C14H14N2OS. The van der Waals surface area contributed by atoms with Crippen molar-refractivity contribution >= 4 is 18.0 Å². The molecular weight excluding hydrogens is 244 g/mol. The van der Waals surface area contributed by atoms with Crippen LogP contribution in [0.5, 0.6) is 5.75 Å². The van der Waals surface area contributed by atoms with E-state index in [4.69, 9.17) is 10.6 Å². The first-order valence-corrected chi connectivity index (χ1v) is 6.29. The fourth-order valence-electron chi connectivity index (χ4n) is 1.55. The summed E-state index contributed by atoms with van der Waals surface area (Å²) in [5.41, 5.74) is 1.01. The van der Waals surface area contributed by atoms with Crippen molar-refractivity contribution in [2.75, 3.05) is 7.11 Å². The molecule has 92 valence electrons. The Balaban J connectivity index is 2.27. The van der Waals surface area contributed by atoms with Crippen LogP contribution in [0.25, 0.3) is 0 Å². The molecule has 0 saturated heterocycles. The second-order valence-electron chi connectivity index (χ2n) is 3.60. The quantitative estimate of drug-likeness (QED) is 0.520. The van der Waals surface area contributed by atoms with Crippen LogP contribution in [-0.2, 0) is 0 Å². The molecule has 0 radical (unpaired) electrons. The van der Waals surface area contributed by atoms with Gasteiger partial charge in [0.1, 0.15) is 5.75 Å². The zero-order valence-electron chi connectivity index (χ0n) is 10.0. The lowest BCUT2D eigenvalue weighted by atomic mass is 10.2. The van der Waals surface area contributed by atoms with E-state index in [1.54, 1.807) is 25.1 Å². The monoisotopic (exact) mass is 258 g/mol. The Bertz CT molecular complexity index is 555. The minimum absolute atomic E-state index is 0.852. The Hall–Kier alpha value is -1.94. The van der Waals surface area contributed by atoms with E-state index in [1.165, 1.54) is 0 Å². The van der Waals surface area contributed by atoms with Gasteiger partial charge < -0.3 is 10.6 Å². The largest absolute Gasteiger partial charge is 0.497 e. The summed E-state index contributed by atoms with van der Waals surface area (Å²) >= 11 is 1.66. The highest BCUT2D eigenvalue weighted by molar-refractivity contribution is 7.99. The molecule has 0 fully saturated rings. The summed E-state index contributed by atoms with van der Waals surface area (Å²) in [7, 11) is 1.67. The van der Waals surface area contributed by atoms with Crippen LogP contribution >= 0.6 is 11.8 Å². The Morgan fingerprint density at radius 1 is 1.17 bits per heavy atom. The van der Waals surface area contributed by atoms with Gasteiger partial charge in [0.25, 0.3) is 0 Å². The average molecular weight is 258 g/mol. The standard InChI is InChI=1S/C14H14N2OS/c1-17-12-6-4-7-13(9-12)18-14-8-3-2-5-11(14)10-16-15/h2-10H,15H2,1H3. The summed E-state index contributed by atoms with van der Waals surface area (Å²) in [6.07, 6.45) is 1.66. The molecule has 18 heavy (non-hydrogen) atoms. The average Bonchev–Trinajstić information content (AvgIpc) is 2.41. The number of rotatable bonds is 4. The zero-order chi connectivity index (χ0) is 12.8. The fraction of sp³-hybridized carbons (Fsp3) is 0.0714. The predicted octanol–water partition coefficient (Wildman–Crippen LogP) is 3.14. The van der Waals surface area contributed by atoms with Crippen molar-refractivity contribution in [3.05, 3.63) is 54.1 Å². The molecule has 2 N–H and O–H groups in total. The maximum atomic E-state index is 5.21. The summed E-state index contributed by atoms with van der Waals surface area (Å²) in [4.78, 5) is 2.23. The van der Waals surface area contributed by atoms with Crippen LogP contribution in [0.1, 0.15) is 5.56 Å². The number of nitrogens with two attached hydrogens (primary N) is 1. The predicted molar refractivity (Wildman–Crippen MR) is 75.3 cm³/mol. The third-order valence-electron chi connectivity index (χ3n) is 2.40. The number of methoxy groups -OCH3 is 1. The molecule has 2 aromatic rings. The van der Waals surface area contributed by atoms with Gasteiger partial charge in [-0.25, -0.2) is 0 Å². The minimum Gasteiger partial charge on any atom is -0.497 e. The normalized spacial score (nSPS) is 10.7. The van der Waals surface area contributed by atoms with Crippen LogP contribution in [0.2, 0.25) is 0 Å². The van der Waals surface area contributed by atoms with Gasteiger partial charge >= 0.3 is 0 Å². The van der Waals surface area contributed by atoms with Gasteiger partial charge in [0, 0.05) is 15.4 Å². The number of nitrogens with zero attached hydrogens (tertiary/aromatic N) is 1. The molecule has 0 bridgehead atoms. The molecule has 0 aliphatic carbocycles. The van der Waals surface area contributed by atoms with Crippen LogP contribution in [0.15, 0.2) is 63.4 Å². The lowest BCUT2D eigenvalue weighted by Gasteiger charge is -2.06. The third-order valence-corrected chi connectivity index (χ3v) is 3.48. The van der Waals surface area contributed by atoms with E-state index >= 15 is 0 Å². The van der Waals surface area contributed by atoms with E-state index in [0.717, 1.165) is 21.1 Å². The topological polar surface area (TPSA) is 47.6 Å². The first-order chi connectivity index (χ1) is 8.83. The smallest absolute Gasteiger partial charge is 0.119 e. The summed E-state index contributed by atoms with van der Waals surface area (Å²) in [6.45, 7) is 0. The van der Waals surface area contributed by atoms with Crippen molar-refractivity contribution in [1.82, 2.24) is 0 Å². The Morgan fingerprint density at radius 2 is 2.00 bits per heavy atom. The number of hydrogen-bond donors (Lipinski definition) is 1. The van der Waals surface area contributed by atoms with Crippen LogP contribution in [0.3, 0.4) is 0 Å². The number of ether oxygens (including phenoxy) is 1. The highest BCUT2D eigenvalue weighted by Crippen LogP contribution is 2.31. The maximum Gasteiger partial charge on any atom is 0.119 e. The SMILES string of the molecule is COc1cccc(Sc2ccccc2C=NN)c1. The lowest BCUT2D eigenvalue weighted by molar-refractivity contribution is 0.413. The van der Waals surface area contributed by atoms with E-state index in [1.807, 2.05) is 48.5 Å². The van der Waals surface area contributed by atoms with Gasteiger partial charge in [-0.2, -0.15) is 5.10 Å². The molecule has 0 heterocycles. The van der Waals surface area contributed by atoms with Crippen LogP contribution in [0.4, 0.5) is 0 Å². The lowest BCUT2D eigenvalue weighted by Crippen LogP contribution is -1.89. The van der Waals surface area contributed by atoms with Gasteiger partial charge in [-0.15, -0.1) is 0 Å². The molecule has 0 unspecified atom stereocenters. The van der Waals surface area contributed by atoms with Crippen molar-refractivity contribution in [2.45, 2.75) is 9.79 Å². The van der Waals surface area contributed by atoms with Gasteiger partial charge in [-0.3, -0.25) is 0 Å². The summed E-state index contributed by atoms with van der Waals surface area (Å²) in [5, 5.41) is 3.58. The van der Waals surface area contributed by atoms with Crippen LogP contribution in [-0.4, -0.2) is 13.3 Å². The van der Waals surface area contributed by atoms with Gasteiger partial charge in [-0.1, -0.05) is 36.0 Å². The highest BCUT2D eigenvalue weighted by Gasteiger charge is 2.03. The van der Waals surface area contributed by atoms with E-state index in [-0.39, 0.29) is 0 Å². The molecule has 0 aliphatic rings. The fourth-order valence-corrected chi connectivity index (χ4v) is 2.51. The highest BCUT2D eigenvalue weighted by atomic mass is 32.2. The summed E-state index contributed by atoms with van der Waals surface area (Å²) in [5.74, 6) is 6.06. The van der Waals surface area contributed by atoms with E-state index in [9.17, 15) is 0 Å². The van der Waals surface area contributed by atoms with E-state index in [0.29, 0.717) is 0 Å². The maximum absolute atomic E-state index is 5.21. The van der Waals surface area contributed by atoms with Crippen molar-refractivity contribution in [2.24, 2.45) is 10.9 Å². The van der Waals surface area contributed by atoms with Crippen LogP contribution < -0.4 is 10.6 Å². The molecule has 0 aliphatic heterocycles. The van der Waals surface area contributed by atoms with Crippen molar-refractivity contribution in [3.8, 4) is 5.75 Å². The van der Waals surface area contributed by atoms with E-state index < -0.39 is 0 Å². The summed E-state index contributed by atoms with van der Waals surface area (Å²) in [6, 6.07) is 15.9. The first kappa shape index (κ1) is 12.5. The molecule has 0 saturated carbocycles. The molecule has 4 heteroatoms. The molecule has 0 amide bonds. The minimum atomic E-state index is 0.852.